The van der Waals surface area contributed by atoms with Crippen LogP contribution in [-0.4, -0.2) is 47.0 Å². The van der Waals surface area contributed by atoms with E-state index in [0.717, 1.165) is 48.8 Å². The average molecular weight is 405 g/mol. The van der Waals surface area contributed by atoms with Crippen molar-refractivity contribution in [3.63, 3.8) is 0 Å². The van der Waals surface area contributed by atoms with Crippen molar-refractivity contribution in [2.24, 2.45) is 0 Å². The SMILES string of the molecule is O=C(C=Cc1ccccc1)N1CCN(c2ncnc3sc4c(c23)CCCC4)CC1. The van der Waals surface area contributed by atoms with Crippen molar-refractivity contribution in [1.29, 1.82) is 0 Å². The van der Waals surface area contributed by atoms with E-state index in [9.17, 15) is 4.79 Å². The fraction of sp³-hybridized carbons (Fsp3) is 0.348. The Bertz CT molecular complexity index is 1050. The molecule has 0 spiro atoms. The summed E-state index contributed by atoms with van der Waals surface area (Å²) in [6.07, 6.45) is 10.1. The number of benzene rings is 1. The predicted molar refractivity (Wildman–Crippen MR) is 118 cm³/mol. The number of hydrogen-bond acceptors (Lipinski definition) is 5. The molecule has 0 N–H and O–H groups in total. The molecule has 3 aromatic rings. The van der Waals surface area contributed by atoms with E-state index in [0.29, 0.717) is 0 Å². The summed E-state index contributed by atoms with van der Waals surface area (Å²) < 4.78 is 0. The highest BCUT2D eigenvalue weighted by Crippen LogP contribution is 2.39. The topological polar surface area (TPSA) is 49.3 Å². The van der Waals surface area contributed by atoms with Gasteiger partial charge in [0.25, 0.3) is 0 Å². The highest BCUT2D eigenvalue weighted by Gasteiger charge is 2.25. The fourth-order valence-corrected chi connectivity index (χ4v) is 5.51. The number of fused-ring (bicyclic) bond motifs is 3. The molecule has 5 nitrogen and oxygen atoms in total. The minimum Gasteiger partial charge on any atom is -0.352 e. The van der Waals surface area contributed by atoms with Gasteiger partial charge >= 0.3 is 0 Å². The third-order valence-electron chi connectivity index (χ3n) is 5.84. The molecule has 1 aliphatic heterocycles. The molecular formula is C23H24N4OS. The highest BCUT2D eigenvalue weighted by molar-refractivity contribution is 7.19. The van der Waals surface area contributed by atoms with Gasteiger partial charge in [-0.25, -0.2) is 9.97 Å². The van der Waals surface area contributed by atoms with Gasteiger partial charge in [0.1, 0.15) is 17.0 Å². The number of anilines is 1. The van der Waals surface area contributed by atoms with Gasteiger partial charge in [-0.2, -0.15) is 0 Å². The zero-order valence-corrected chi connectivity index (χ0v) is 17.2. The Labute approximate surface area is 174 Å². The molecule has 0 radical (unpaired) electrons. The van der Waals surface area contributed by atoms with Crippen molar-refractivity contribution in [3.8, 4) is 0 Å². The van der Waals surface area contributed by atoms with Gasteiger partial charge in [0.2, 0.25) is 5.91 Å². The van der Waals surface area contributed by atoms with Gasteiger partial charge in [0, 0.05) is 37.1 Å². The van der Waals surface area contributed by atoms with Gasteiger partial charge in [-0.3, -0.25) is 4.79 Å². The molecule has 1 aliphatic carbocycles. The second-order valence-electron chi connectivity index (χ2n) is 7.64. The lowest BCUT2D eigenvalue weighted by Gasteiger charge is -2.35. The number of carbonyl (C=O) groups is 1. The second kappa shape index (κ2) is 7.95. The summed E-state index contributed by atoms with van der Waals surface area (Å²) >= 11 is 1.84. The van der Waals surface area contributed by atoms with Crippen LogP contribution in [0.25, 0.3) is 16.3 Å². The van der Waals surface area contributed by atoms with Crippen molar-refractivity contribution in [2.45, 2.75) is 25.7 Å². The zero-order valence-electron chi connectivity index (χ0n) is 16.4. The first kappa shape index (κ1) is 18.3. The zero-order chi connectivity index (χ0) is 19.6. The van der Waals surface area contributed by atoms with Gasteiger partial charge in [0.05, 0.1) is 5.39 Å². The third-order valence-corrected chi connectivity index (χ3v) is 7.04. The summed E-state index contributed by atoms with van der Waals surface area (Å²) in [7, 11) is 0. The lowest BCUT2D eigenvalue weighted by atomic mass is 9.97. The molecule has 1 amide bonds. The molecule has 0 bridgehead atoms. The quantitative estimate of drug-likeness (QED) is 0.621. The molecule has 0 unspecified atom stereocenters. The first-order valence-corrected chi connectivity index (χ1v) is 11.1. The largest absolute Gasteiger partial charge is 0.352 e. The molecule has 1 aromatic carbocycles. The van der Waals surface area contributed by atoms with Crippen LogP contribution in [0.4, 0.5) is 5.82 Å². The standard InChI is InChI=1S/C23H24N4OS/c28-20(11-10-17-6-2-1-3-7-17)26-12-14-27(15-13-26)22-21-18-8-4-5-9-19(18)29-23(21)25-16-24-22/h1-3,6-7,10-11,16H,4-5,8-9,12-15H2. The number of carbonyl (C=O) groups excluding carboxylic acids is 1. The Morgan fingerprint density at radius 2 is 1.79 bits per heavy atom. The van der Waals surface area contributed by atoms with Crippen LogP contribution in [0.15, 0.2) is 42.7 Å². The van der Waals surface area contributed by atoms with Crippen LogP contribution in [0.3, 0.4) is 0 Å². The van der Waals surface area contributed by atoms with Crippen molar-refractivity contribution >= 4 is 39.4 Å². The van der Waals surface area contributed by atoms with Crippen molar-refractivity contribution in [1.82, 2.24) is 14.9 Å². The van der Waals surface area contributed by atoms with Crippen LogP contribution in [0.1, 0.15) is 28.8 Å². The molecular weight excluding hydrogens is 380 g/mol. The number of nitrogens with zero attached hydrogens (tertiary/aromatic N) is 4. The maximum atomic E-state index is 12.6. The van der Waals surface area contributed by atoms with E-state index in [-0.39, 0.29) is 5.91 Å². The Balaban J connectivity index is 1.30. The van der Waals surface area contributed by atoms with Crippen molar-refractivity contribution in [2.75, 3.05) is 31.1 Å². The molecule has 1 saturated heterocycles. The normalized spacial score (nSPS) is 17.1. The van der Waals surface area contributed by atoms with Crippen LogP contribution < -0.4 is 4.90 Å². The van der Waals surface area contributed by atoms with Crippen LogP contribution in [0.5, 0.6) is 0 Å². The molecule has 5 rings (SSSR count). The number of hydrogen-bond donors (Lipinski definition) is 0. The summed E-state index contributed by atoms with van der Waals surface area (Å²) in [5.41, 5.74) is 2.52. The van der Waals surface area contributed by atoms with E-state index >= 15 is 0 Å². The summed E-state index contributed by atoms with van der Waals surface area (Å²) in [4.78, 5) is 28.6. The second-order valence-corrected chi connectivity index (χ2v) is 8.73. The first-order valence-electron chi connectivity index (χ1n) is 10.3. The maximum absolute atomic E-state index is 12.6. The van der Waals surface area contributed by atoms with Gasteiger partial charge in [-0.1, -0.05) is 30.3 Å². The minimum atomic E-state index is 0.0780. The molecule has 6 heteroatoms. The Kier molecular flexibility index (Phi) is 5.02. The summed E-state index contributed by atoms with van der Waals surface area (Å²) in [6, 6.07) is 9.95. The van der Waals surface area contributed by atoms with E-state index in [4.69, 9.17) is 0 Å². The van der Waals surface area contributed by atoms with Gasteiger partial charge < -0.3 is 9.80 Å². The van der Waals surface area contributed by atoms with E-state index in [2.05, 4.69) is 14.9 Å². The lowest BCUT2D eigenvalue weighted by Crippen LogP contribution is -2.48. The maximum Gasteiger partial charge on any atom is 0.246 e. The van der Waals surface area contributed by atoms with Gasteiger partial charge in [0.15, 0.2) is 0 Å². The molecule has 0 saturated carbocycles. The highest BCUT2D eigenvalue weighted by atomic mass is 32.1. The number of amides is 1. The van der Waals surface area contributed by atoms with Gasteiger partial charge in [-0.15, -0.1) is 11.3 Å². The van der Waals surface area contributed by atoms with E-state index in [1.165, 1.54) is 35.1 Å². The van der Waals surface area contributed by atoms with Crippen molar-refractivity contribution in [3.05, 3.63) is 58.7 Å². The Hall–Kier alpha value is -2.73. The van der Waals surface area contributed by atoms with E-state index in [1.807, 2.05) is 52.6 Å². The van der Waals surface area contributed by atoms with Crippen molar-refractivity contribution < 1.29 is 4.79 Å². The molecule has 29 heavy (non-hydrogen) atoms. The molecule has 2 aromatic heterocycles. The summed E-state index contributed by atoms with van der Waals surface area (Å²) in [5.74, 6) is 1.13. The lowest BCUT2D eigenvalue weighted by molar-refractivity contribution is -0.126. The molecule has 3 heterocycles. The number of rotatable bonds is 3. The average Bonchev–Trinajstić information content (AvgIpc) is 3.17. The Morgan fingerprint density at radius 1 is 1.00 bits per heavy atom. The van der Waals surface area contributed by atoms with Crippen LogP contribution in [0.2, 0.25) is 0 Å². The third kappa shape index (κ3) is 3.65. The van der Waals surface area contributed by atoms with Crippen LogP contribution in [-0.2, 0) is 17.6 Å². The molecule has 0 atom stereocenters. The van der Waals surface area contributed by atoms with Gasteiger partial charge in [-0.05, 0) is 42.9 Å². The fourth-order valence-electron chi connectivity index (χ4n) is 4.29. The minimum absolute atomic E-state index is 0.0780. The number of thiophene rings is 1. The molecule has 2 aliphatic rings. The molecule has 148 valence electrons. The number of aromatic nitrogens is 2. The summed E-state index contributed by atoms with van der Waals surface area (Å²) in [6.45, 7) is 3.05. The van der Waals surface area contributed by atoms with E-state index < -0.39 is 0 Å². The van der Waals surface area contributed by atoms with Crippen LogP contribution >= 0.6 is 11.3 Å². The summed E-state index contributed by atoms with van der Waals surface area (Å²) in [5, 5.41) is 1.26. The van der Waals surface area contributed by atoms with E-state index in [1.54, 1.807) is 12.4 Å². The smallest absolute Gasteiger partial charge is 0.246 e. The first-order chi connectivity index (χ1) is 14.3. The number of piperazine rings is 1. The Morgan fingerprint density at radius 3 is 2.62 bits per heavy atom. The number of aryl methyl sites for hydroxylation is 2. The predicted octanol–water partition coefficient (Wildman–Crippen LogP) is 3.93. The monoisotopic (exact) mass is 404 g/mol. The van der Waals surface area contributed by atoms with Crippen LogP contribution in [0, 0.1) is 0 Å². The molecule has 1 fully saturated rings.